The van der Waals surface area contributed by atoms with Crippen molar-refractivity contribution in [3.63, 3.8) is 0 Å². The SMILES string of the molecule is COC(=O)C(C)(N)CCCCN1c2ccccc2CC1C. The number of nitrogens with zero attached hydrogens (tertiary/aromatic N) is 1. The third-order valence-corrected chi connectivity index (χ3v) is 4.35. The molecule has 2 N–H and O–H groups in total. The second kappa shape index (κ2) is 6.48. The van der Waals surface area contributed by atoms with E-state index < -0.39 is 5.54 Å². The van der Waals surface area contributed by atoms with Gasteiger partial charge in [-0.1, -0.05) is 18.2 Å². The summed E-state index contributed by atoms with van der Waals surface area (Å²) in [6, 6.07) is 9.15. The molecule has 1 aromatic carbocycles. The number of rotatable bonds is 6. The molecular weight excluding hydrogens is 264 g/mol. The first kappa shape index (κ1) is 15.8. The highest BCUT2D eigenvalue weighted by atomic mass is 16.5. The van der Waals surface area contributed by atoms with Crippen molar-refractivity contribution in [2.24, 2.45) is 5.73 Å². The van der Waals surface area contributed by atoms with Gasteiger partial charge in [0, 0.05) is 18.3 Å². The summed E-state index contributed by atoms with van der Waals surface area (Å²) in [5, 5.41) is 0. The van der Waals surface area contributed by atoms with Crippen LogP contribution in [0.5, 0.6) is 0 Å². The van der Waals surface area contributed by atoms with Gasteiger partial charge in [-0.25, -0.2) is 0 Å². The maximum atomic E-state index is 11.5. The number of unbranched alkanes of at least 4 members (excludes halogenated alkanes) is 1. The molecule has 4 nitrogen and oxygen atoms in total. The van der Waals surface area contributed by atoms with Gasteiger partial charge < -0.3 is 15.4 Å². The van der Waals surface area contributed by atoms with Crippen molar-refractivity contribution in [2.45, 2.75) is 51.1 Å². The summed E-state index contributed by atoms with van der Waals surface area (Å²) >= 11 is 0. The maximum Gasteiger partial charge on any atom is 0.325 e. The Bertz CT molecular complexity index is 499. The van der Waals surface area contributed by atoms with Crippen LogP contribution in [0.25, 0.3) is 0 Å². The van der Waals surface area contributed by atoms with Gasteiger partial charge >= 0.3 is 5.97 Å². The van der Waals surface area contributed by atoms with E-state index in [0.29, 0.717) is 12.5 Å². The molecular formula is C17H26N2O2. The van der Waals surface area contributed by atoms with Gasteiger partial charge in [-0.15, -0.1) is 0 Å². The van der Waals surface area contributed by atoms with E-state index in [1.165, 1.54) is 18.4 Å². The Morgan fingerprint density at radius 2 is 2.14 bits per heavy atom. The first-order valence-corrected chi connectivity index (χ1v) is 7.67. The van der Waals surface area contributed by atoms with Crippen LogP contribution in [0, 0.1) is 0 Å². The first-order valence-electron chi connectivity index (χ1n) is 7.67. The largest absolute Gasteiger partial charge is 0.468 e. The van der Waals surface area contributed by atoms with Crippen LogP contribution in [-0.2, 0) is 16.0 Å². The number of fused-ring (bicyclic) bond motifs is 1. The lowest BCUT2D eigenvalue weighted by atomic mass is 9.96. The number of hydrogen-bond donors (Lipinski definition) is 1. The van der Waals surface area contributed by atoms with Crippen molar-refractivity contribution in [3.05, 3.63) is 29.8 Å². The van der Waals surface area contributed by atoms with Crippen molar-refractivity contribution >= 4 is 11.7 Å². The molecule has 0 spiro atoms. The highest BCUT2D eigenvalue weighted by molar-refractivity contribution is 5.79. The van der Waals surface area contributed by atoms with Crippen LogP contribution in [-0.4, -0.2) is 31.2 Å². The Morgan fingerprint density at radius 3 is 2.86 bits per heavy atom. The topological polar surface area (TPSA) is 55.6 Å². The molecule has 0 fully saturated rings. The zero-order chi connectivity index (χ0) is 15.5. The third kappa shape index (κ3) is 3.56. The van der Waals surface area contributed by atoms with Crippen molar-refractivity contribution in [1.82, 2.24) is 0 Å². The van der Waals surface area contributed by atoms with Crippen molar-refractivity contribution in [2.75, 3.05) is 18.6 Å². The van der Waals surface area contributed by atoms with E-state index in [1.807, 2.05) is 0 Å². The number of nitrogens with two attached hydrogens (primary N) is 1. The maximum absolute atomic E-state index is 11.5. The second-order valence-corrected chi connectivity index (χ2v) is 6.24. The number of benzene rings is 1. The highest BCUT2D eigenvalue weighted by Gasteiger charge is 2.29. The van der Waals surface area contributed by atoms with Gasteiger partial charge in [-0.2, -0.15) is 0 Å². The third-order valence-electron chi connectivity index (χ3n) is 4.35. The Kier molecular flexibility index (Phi) is 4.88. The molecule has 0 radical (unpaired) electrons. The van der Waals surface area contributed by atoms with Gasteiger partial charge in [0.1, 0.15) is 5.54 Å². The Balaban J connectivity index is 1.83. The van der Waals surface area contributed by atoms with E-state index in [0.717, 1.165) is 25.8 Å². The van der Waals surface area contributed by atoms with Crippen LogP contribution in [0.1, 0.15) is 38.7 Å². The Hall–Kier alpha value is -1.55. The average Bonchev–Trinajstić information content (AvgIpc) is 2.78. The zero-order valence-corrected chi connectivity index (χ0v) is 13.3. The van der Waals surface area contributed by atoms with E-state index in [4.69, 9.17) is 10.5 Å². The molecule has 1 aliphatic heterocycles. The molecule has 4 heteroatoms. The minimum Gasteiger partial charge on any atom is -0.468 e. The summed E-state index contributed by atoms with van der Waals surface area (Å²) in [4.78, 5) is 14.0. The van der Waals surface area contributed by atoms with Gasteiger partial charge in [0.05, 0.1) is 7.11 Å². The van der Waals surface area contributed by atoms with Crippen LogP contribution in [0.2, 0.25) is 0 Å². The van der Waals surface area contributed by atoms with Gasteiger partial charge in [0.2, 0.25) is 0 Å². The molecule has 0 bridgehead atoms. The fourth-order valence-electron chi connectivity index (χ4n) is 3.08. The first-order chi connectivity index (χ1) is 9.95. The molecule has 0 aromatic heterocycles. The summed E-state index contributed by atoms with van der Waals surface area (Å²) in [5.74, 6) is -0.331. The smallest absolute Gasteiger partial charge is 0.325 e. The molecule has 116 valence electrons. The van der Waals surface area contributed by atoms with Crippen LogP contribution in [0.4, 0.5) is 5.69 Å². The average molecular weight is 290 g/mol. The Morgan fingerprint density at radius 1 is 1.43 bits per heavy atom. The zero-order valence-electron chi connectivity index (χ0n) is 13.3. The lowest BCUT2D eigenvalue weighted by Gasteiger charge is -2.26. The van der Waals surface area contributed by atoms with Crippen molar-refractivity contribution in [1.29, 1.82) is 0 Å². The van der Waals surface area contributed by atoms with Crippen LogP contribution < -0.4 is 10.6 Å². The molecule has 21 heavy (non-hydrogen) atoms. The molecule has 2 rings (SSSR count). The molecule has 2 atom stereocenters. The van der Waals surface area contributed by atoms with Gasteiger partial charge in [0.25, 0.3) is 0 Å². The predicted octanol–water partition coefficient (Wildman–Crippen LogP) is 2.50. The number of ether oxygens (including phenoxy) is 1. The van der Waals surface area contributed by atoms with Crippen LogP contribution in [0.3, 0.4) is 0 Å². The van der Waals surface area contributed by atoms with E-state index in [-0.39, 0.29) is 5.97 Å². The minimum atomic E-state index is -0.872. The fraction of sp³-hybridized carbons (Fsp3) is 0.588. The van der Waals surface area contributed by atoms with E-state index >= 15 is 0 Å². The standard InChI is InChI=1S/C17H26N2O2/c1-13-12-14-8-4-5-9-15(14)19(13)11-7-6-10-17(2,18)16(20)21-3/h4-5,8-9,13H,6-7,10-12,18H2,1-3H3. The normalized spacial score (nSPS) is 20.0. The van der Waals surface area contributed by atoms with Gasteiger partial charge in [0.15, 0.2) is 0 Å². The van der Waals surface area contributed by atoms with E-state index in [1.54, 1.807) is 6.92 Å². The molecule has 1 heterocycles. The van der Waals surface area contributed by atoms with Crippen LogP contribution >= 0.6 is 0 Å². The summed E-state index contributed by atoms with van der Waals surface area (Å²) < 4.78 is 4.73. The molecule has 1 aromatic rings. The second-order valence-electron chi connectivity index (χ2n) is 6.24. The van der Waals surface area contributed by atoms with E-state index in [2.05, 4.69) is 36.1 Å². The highest BCUT2D eigenvalue weighted by Crippen LogP contribution is 2.32. The van der Waals surface area contributed by atoms with E-state index in [9.17, 15) is 4.79 Å². The number of carbonyl (C=O) groups is 1. The van der Waals surface area contributed by atoms with Gasteiger partial charge in [-0.05, 0) is 51.2 Å². The minimum absolute atomic E-state index is 0.331. The number of esters is 1. The van der Waals surface area contributed by atoms with Gasteiger partial charge in [-0.3, -0.25) is 4.79 Å². The molecule has 2 unspecified atom stereocenters. The number of methoxy groups -OCH3 is 1. The number of anilines is 1. The molecule has 1 aliphatic rings. The van der Waals surface area contributed by atoms with Crippen LogP contribution in [0.15, 0.2) is 24.3 Å². The molecule has 0 aliphatic carbocycles. The van der Waals surface area contributed by atoms with Crippen molar-refractivity contribution < 1.29 is 9.53 Å². The van der Waals surface area contributed by atoms with Crippen molar-refractivity contribution in [3.8, 4) is 0 Å². The Labute approximate surface area is 127 Å². The molecule has 0 saturated carbocycles. The predicted molar refractivity (Wildman–Crippen MR) is 85.4 cm³/mol. The summed E-state index contributed by atoms with van der Waals surface area (Å²) in [6.07, 6.45) is 3.73. The summed E-state index contributed by atoms with van der Waals surface area (Å²) in [7, 11) is 1.39. The lowest BCUT2D eigenvalue weighted by Crippen LogP contribution is -2.45. The number of carbonyl (C=O) groups excluding carboxylic acids is 1. The number of hydrogen-bond acceptors (Lipinski definition) is 4. The number of para-hydroxylation sites is 1. The fourth-order valence-corrected chi connectivity index (χ4v) is 3.08. The monoisotopic (exact) mass is 290 g/mol. The molecule has 0 amide bonds. The summed E-state index contributed by atoms with van der Waals surface area (Å²) in [5.41, 5.74) is 7.90. The summed E-state index contributed by atoms with van der Waals surface area (Å²) in [6.45, 7) is 5.02. The quantitative estimate of drug-likeness (QED) is 0.646. The molecule has 0 saturated heterocycles. The lowest BCUT2D eigenvalue weighted by molar-refractivity contribution is -0.146.